The molecule has 0 fully saturated rings. The second kappa shape index (κ2) is 7.25. The van der Waals surface area contributed by atoms with Crippen LogP contribution in [-0.2, 0) is 4.74 Å². The van der Waals surface area contributed by atoms with E-state index in [0.29, 0.717) is 0 Å². The molecule has 24 heavy (non-hydrogen) atoms. The van der Waals surface area contributed by atoms with E-state index >= 15 is 0 Å². The predicted molar refractivity (Wildman–Crippen MR) is 81.1 cm³/mol. The van der Waals surface area contributed by atoms with Crippen molar-refractivity contribution < 1.29 is 32.2 Å². The third kappa shape index (κ3) is 3.98. The van der Waals surface area contributed by atoms with Gasteiger partial charge in [-0.15, -0.1) is 13.2 Å². The monoisotopic (exact) mass is 340 g/mol. The number of alkyl halides is 3. The average molecular weight is 340 g/mol. The zero-order valence-corrected chi connectivity index (χ0v) is 13.0. The molecule has 0 N–H and O–H groups in total. The highest BCUT2D eigenvalue weighted by Crippen LogP contribution is 2.38. The van der Waals surface area contributed by atoms with Gasteiger partial charge in [0.1, 0.15) is 17.1 Å². The van der Waals surface area contributed by atoms with Gasteiger partial charge in [-0.25, -0.2) is 4.79 Å². The second-order valence-corrected chi connectivity index (χ2v) is 4.65. The van der Waals surface area contributed by atoms with Gasteiger partial charge < -0.3 is 14.2 Å². The van der Waals surface area contributed by atoms with Crippen LogP contribution in [0.4, 0.5) is 13.2 Å². The van der Waals surface area contributed by atoms with Gasteiger partial charge in [0, 0.05) is 11.1 Å². The van der Waals surface area contributed by atoms with Gasteiger partial charge >= 0.3 is 12.3 Å². The van der Waals surface area contributed by atoms with Crippen LogP contribution in [0.2, 0.25) is 0 Å². The Morgan fingerprint density at radius 1 is 1.00 bits per heavy atom. The summed E-state index contributed by atoms with van der Waals surface area (Å²) >= 11 is 0. The van der Waals surface area contributed by atoms with Crippen LogP contribution in [0, 0.1) is 0 Å². The van der Waals surface area contributed by atoms with E-state index in [1.54, 1.807) is 19.1 Å². The number of ether oxygens (including phenoxy) is 3. The van der Waals surface area contributed by atoms with Crippen molar-refractivity contribution in [1.29, 1.82) is 0 Å². The third-order valence-electron chi connectivity index (χ3n) is 3.13. The minimum absolute atomic E-state index is 0.0417. The van der Waals surface area contributed by atoms with E-state index in [0.717, 1.165) is 0 Å². The lowest BCUT2D eigenvalue weighted by molar-refractivity contribution is -0.274. The van der Waals surface area contributed by atoms with Gasteiger partial charge in [-0.2, -0.15) is 0 Å². The Labute approximate surface area is 136 Å². The molecule has 2 aromatic carbocycles. The molecule has 0 bridgehead atoms. The minimum atomic E-state index is -4.85. The van der Waals surface area contributed by atoms with Crippen molar-refractivity contribution in [2.75, 3.05) is 13.7 Å². The molecule has 0 atom stereocenters. The molecule has 0 aliphatic carbocycles. The number of methoxy groups -OCH3 is 1. The normalized spacial score (nSPS) is 11.0. The predicted octanol–water partition coefficient (Wildman–Crippen LogP) is 4.44. The summed E-state index contributed by atoms with van der Waals surface area (Å²) in [6.45, 7) is 1.75. The molecule has 0 aliphatic heterocycles. The molecule has 0 unspecified atom stereocenters. The first kappa shape index (κ1) is 17.7. The third-order valence-corrected chi connectivity index (χ3v) is 3.13. The number of rotatable bonds is 5. The van der Waals surface area contributed by atoms with Crippen molar-refractivity contribution in [1.82, 2.24) is 0 Å². The molecule has 0 spiro atoms. The number of carbonyl (C=O) groups excluding carboxylic acids is 1. The van der Waals surface area contributed by atoms with E-state index in [9.17, 15) is 18.0 Å². The maximum atomic E-state index is 12.6. The molecule has 0 radical (unpaired) electrons. The number of esters is 1. The number of benzene rings is 2. The first-order chi connectivity index (χ1) is 11.4. The Morgan fingerprint density at radius 3 is 2.25 bits per heavy atom. The first-order valence-electron chi connectivity index (χ1n) is 7.06. The molecule has 2 rings (SSSR count). The van der Waals surface area contributed by atoms with Crippen LogP contribution in [0.25, 0.3) is 11.1 Å². The Morgan fingerprint density at radius 2 is 1.62 bits per heavy atom. The fourth-order valence-electron chi connectivity index (χ4n) is 2.24. The standard InChI is InChI=1S/C17H15F3O4/c1-3-23-16(21)15-12(8-6-10-14(15)22-2)11-7-4-5-9-13(11)24-17(18,19)20/h4-10H,3H2,1-2H3. The largest absolute Gasteiger partial charge is 0.573 e. The zero-order chi connectivity index (χ0) is 17.7. The Balaban J connectivity index is 2.63. The maximum Gasteiger partial charge on any atom is 0.573 e. The van der Waals surface area contributed by atoms with Crippen molar-refractivity contribution >= 4 is 5.97 Å². The van der Waals surface area contributed by atoms with Crippen molar-refractivity contribution in [2.45, 2.75) is 13.3 Å². The summed E-state index contributed by atoms with van der Waals surface area (Å²) in [5.74, 6) is -0.900. The highest BCUT2D eigenvalue weighted by molar-refractivity contribution is 6.01. The maximum absolute atomic E-state index is 12.6. The lowest BCUT2D eigenvalue weighted by Crippen LogP contribution is -2.18. The number of para-hydroxylation sites is 1. The Kier molecular flexibility index (Phi) is 5.33. The van der Waals surface area contributed by atoms with Gasteiger partial charge in [0.15, 0.2) is 0 Å². The van der Waals surface area contributed by atoms with E-state index in [1.807, 2.05) is 0 Å². The van der Waals surface area contributed by atoms with E-state index in [1.165, 1.54) is 37.4 Å². The highest BCUT2D eigenvalue weighted by atomic mass is 19.4. The van der Waals surface area contributed by atoms with Crippen LogP contribution in [0.3, 0.4) is 0 Å². The fraction of sp³-hybridized carbons (Fsp3) is 0.235. The summed E-state index contributed by atoms with van der Waals surface area (Å²) in [6.07, 6.45) is -4.85. The van der Waals surface area contributed by atoms with Gasteiger partial charge in [0.05, 0.1) is 13.7 Å². The van der Waals surface area contributed by atoms with Gasteiger partial charge in [0.2, 0.25) is 0 Å². The molecule has 0 aliphatic rings. The van der Waals surface area contributed by atoms with Crippen LogP contribution < -0.4 is 9.47 Å². The summed E-state index contributed by atoms with van der Waals surface area (Å²) in [5, 5.41) is 0. The van der Waals surface area contributed by atoms with Crippen LogP contribution in [0.15, 0.2) is 42.5 Å². The summed E-state index contributed by atoms with van der Waals surface area (Å²) in [5.41, 5.74) is 0.379. The molecule has 0 amide bonds. The average Bonchev–Trinajstić information content (AvgIpc) is 2.53. The molecule has 2 aromatic rings. The van der Waals surface area contributed by atoms with E-state index < -0.39 is 18.1 Å². The van der Waals surface area contributed by atoms with E-state index in [4.69, 9.17) is 9.47 Å². The van der Waals surface area contributed by atoms with Gasteiger partial charge in [-0.3, -0.25) is 0 Å². The minimum Gasteiger partial charge on any atom is -0.496 e. The van der Waals surface area contributed by atoms with Crippen molar-refractivity contribution in [3.05, 3.63) is 48.0 Å². The molecule has 128 valence electrons. The van der Waals surface area contributed by atoms with Crippen molar-refractivity contribution in [3.8, 4) is 22.6 Å². The summed E-state index contributed by atoms with van der Waals surface area (Å²) in [7, 11) is 1.36. The number of halogens is 3. The highest BCUT2D eigenvalue weighted by Gasteiger charge is 2.33. The molecule has 7 heteroatoms. The topological polar surface area (TPSA) is 44.8 Å². The number of carbonyl (C=O) groups is 1. The van der Waals surface area contributed by atoms with Crippen LogP contribution in [-0.4, -0.2) is 26.0 Å². The Hall–Kier alpha value is -2.70. The first-order valence-corrected chi connectivity index (χ1v) is 7.06. The molecule has 0 aromatic heterocycles. The van der Waals surface area contributed by atoms with E-state index in [-0.39, 0.29) is 29.0 Å². The SMILES string of the molecule is CCOC(=O)c1c(OC)cccc1-c1ccccc1OC(F)(F)F. The summed E-state index contributed by atoms with van der Waals surface area (Å²) < 4.78 is 52.1. The quantitative estimate of drug-likeness (QED) is 0.755. The Bertz CT molecular complexity index is 726. The fourth-order valence-corrected chi connectivity index (χ4v) is 2.24. The van der Waals surface area contributed by atoms with Gasteiger partial charge in [0.25, 0.3) is 0 Å². The van der Waals surface area contributed by atoms with Crippen molar-refractivity contribution in [2.24, 2.45) is 0 Å². The lowest BCUT2D eigenvalue weighted by Gasteiger charge is -2.17. The molecule has 0 heterocycles. The molecular formula is C17H15F3O4. The number of hydrogen-bond acceptors (Lipinski definition) is 4. The molecular weight excluding hydrogens is 325 g/mol. The van der Waals surface area contributed by atoms with Crippen molar-refractivity contribution in [3.63, 3.8) is 0 Å². The van der Waals surface area contributed by atoms with Crippen LogP contribution in [0.1, 0.15) is 17.3 Å². The van der Waals surface area contributed by atoms with Gasteiger partial charge in [-0.1, -0.05) is 30.3 Å². The second-order valence-electron chi connectivity index (χ2n) is 4.65. The van der Waals surface area contributed by atoms with Crippen LogP contribution in [0.5, 0.6) is 11.5 Å². The zero-order valence-electron chi connectivity index (χ0n) is 13.0. The summed E-state index contributed by atoms with van der Waals surface area (Å²) in [4.78, 5) is 12.2. The molecule has 0 saturated carbocycles. The van der Waals surface area contributed by atoms with E-state index in [2.05, 4.69) is 4.74 Å². The number of hydrogen-bond donors (Lipinski definition) is 0. The summed E-state index contributed by atoms with van der Waals surface area (Å²) in [6, 6.07) is 10.2. The molecule has 0 saturated heterocycles. The lowest BCUT2D eigenvalue weighted by atomic mass is 9.98. The molecule has 4 nitrogen and oxygen atoms in total. The smallest absolute Gasteiger partial charge is 0.496 e. The van der Waals surface area contributed by atoms with Crippen LogP contribution >= 0.6 is 0 Å². The van der Waals surface area contributed by atoms with Gasteiger partial charge in [-0.05, 0) is 19.1 Å².